The maximum Gasteiger partial charge on any atom is 0.227 e. The van der Waals surface area contributed by atoms with Crippen LogP contribution in [-0.2, 0) is 13.1 Å². The maximum absolute atomic E-state index is 13.5. The van der Waals surface area contributed by atoms with Crippen molar-refractivity contribution in [3.8, 4) is 5.75 Å². The maximum atomic E-state index is 13.5. The highest BCUT2D eigenvalue weighted by Gasteiger charge is 2.31. The number of piperazine rings is 1. The summed E-state index contributed by atoms with van der Waals surface area (Å²) in [4.78, 5) is 16.8. The van der Waals surface area contributed by atoms with E-state index in [9.17, 15) is 4.39 Å². The Morgan fingerprint density at radius 3 is 2.42 bits per heavy atom. The summed E-state index contributed by atoms with van der Waals surface area (Å²) in [6, 6.07) is 17.5. The van der Waals surface area contributed by atoms with Gasteiger partial charge in [0.05, 0.1) is 6.61 Å². The molecule has 2 aliphatic heterocycles. The SMILES string of the molecule is CC(C)COc1ccc(CN(Cc2ccc(F)cc2)c2nccc(N3CCN4CCCC4C3)n2)cc1. The van der Waals surface area contributed by atoms with Gasteiger partial charge in [-0.15, -0.1) is 0 Å². The van der Waals surface area contributed by atoms with Gasteiger partial charge in [0.15, 0.2) is 0 Å². The summed E-state index contributed by atoms with van der Waals surface area (Å²) in [5, 5.41) is 0. The fourth-order valence-corrected chi connectivity index (χ4v) is 5.05. The van der Waals surface area contributed by atoms with Crippen LogP contribution in [0.4, 0.5) is 16.2 Å². The fourth-order valence-electron chi connectivity index (χ4n) is 5.05. The molecule has 0 bridgehead atoms. The van der Waals surface area contributed by atoms with Crippen molar-refractivity contribution in [1.29, 1.82) is 0 Å². The number of ether oxygens (including phenoxy) is 1. The number of hydrogen-bond acceptors (Lipinski definition) is 6. The van der Waals surface area contributed by atoms with Crippen molar-refractivity contribution >= 4 is 11.8 Å². The summed E-state index contributed by atoms with van der Waals surface area (Å²) in [5.41, 5.74) is 2.16. The van der Waals surface area contributed by atoms with E-state index in [0.717, 1.165) is 42.3 Å². The molecule has 2 saturated heterocycles. The number of rotatable bonds is 9. The van der Waals surface area contributed by atoms with Crippen LogP contribution in [0.3, 0.4) is 0 Å². The summed E-state index contributed by atoms with van der Waals surface area (Å²) in [7, 11) is 0. The molecule has 36 heavy (non-hydrogen) atoms. The molecule has 3 aromatic rings. The highest BCUT2D eigenvalue weighted by atomic mass is 19.1. The Bertz CT molecular complexity index is 1120. The number of hydrogen-bond donors (Lipinski definition) is 0. The molecule has 2 fully saturated rings. The fraction of sp³-hybridized carbons (Fsp3) is 0.448. The Hall–Kier alpha value is -3.19. The summed E-state index contributed by atoms with van der Waals surface area (Å²) < 4.78 is 19.4. The molecule has 6 nitrogen and oxygen atoms in total. The van der Waals surface area contributed by atoms with Gasteiger partial charge in [0.2, 0.25) is 5.95 Å². The highest BCUT2D eigenvalue weighted by Crippen LogP contribution is 2.26. The number of anilines is 2. The van der Waals surface area contributed by atoms with Crippen LogP contribution in [0.2, 0.25) is 0 Å². The lowest BCUT2D eigenvalue weighted by atomic mass is 10.1. The van der Waals surface area contributed by atoms with E-state index in [2.05, 4.69) is 45.7 Å². The summed E-state index contributed by atoms with van der Waals surface area (Å²) in [5.74, 6) is 2.80. The largest absolute Gasteiger partial charge is 0.493 e. The topological polar surface area (TPSA) is 44.7 Å². The molecule has 7 heteroatoms. The van der Waals surface area contributed by atoms with E-state index >= 15 is 0 Å². The molecule has 2 aromatic carbocycles. The van der Waals surface area contributed by atoms with Gasteiger partial charge in [0.25, 0.3) is 0 Å². The third kappa shape index (κ3) is 6.13. The zero-order chi connectivity index (χ0) is 24.9. The van der Waals surface area contributed by atoms with E-state index < -0.39 is 0 Å². The third-order valence-corrected chi connectivity index (χ3v) is 6.99. The minimum Gasteiger partial charge on any atom is -0.493 e. The Balaban J connectivity index is 1.35. The Morgan fingerprint density at radius 1 is 0.972 bits per heavy atom. The number of halogens is 1. The van der Waals surface area contributed by atoms with Crippen LogP contribution in [0.15, 0.2) is 60.8 Å². The van der Waals surface area contributed by atoms with E-state index in [0.29, 0.717) is 37.6 Å². The first-order chi connectivity index (χ1) is 17.5. The molecule has 1 atom stereocenters. The van der Waals surface area contributed by atoms with E-state index in [1.165, 1.54) is 31.5 Å². The van der Waals surface area contributed by atoms with E-state index in [1.807, 2.05) is 36.5 Å². The molecule has 5 rings (SSSR count). The summed E-state index contributed by atoms with van der Waals surface area (Å²) >= 11 is 0. The highest BCUT2D eigenvalue weighted by molar-refractivity contribution is 5.46. The van der Waals surface area contributed by atoms with Gasteiger partial charge in [0.1, 0.15) is 17.4 Å². The van der Waals surface area contributed by atoms with E-state index in [4.69, 9.17) is 9.72 Å². The smallest absolute Gasteiger partial charge is 0.227 e. The second-order valence-electron chi connectivity index (χ2n) is 10.3. The molecule has 0 spiro atoms. The molecule has 1 unspecified atom stereocenters. The van der Waals surface area contributed by atoms with Gasteiger partial charge >= 0.3 is 0 Å². The molecule has 3 heterocycles. The average molecular weight is 490 g/mol. The van der Waals surface area contributed by atoms with Crippen LogP contribution < -0.4 is 14.5 Å². The van der Waals surface area contributed by atoms with Crippen LogP contribution in [0.5, 0.6) is 5.75 Å². The van der Waals surface area contributed by atoms with Crippen molar-refractivity contribution in [2.24, 2.45) is 5.92 Å². The normalized spacial score (nSPS) is 17.9. The van der Waals surface area contributed by atoms with E-state index in [1.54, 1.807) is 0 Å². The van der Waals surface area contributed by atoms with Crippen LogP contribution in [0.25, 0.3) is 0 Å². The van der Waals surface area contributed by atoms with Crippen molar-refractivity contribution in [2.45, 2.75) is 45.8 Å². The molecule has 0 radical (unpaired) electrons. The average Bonchev–Trinajstić information content (AvgIpc) is 3.37. The van der Waals surface area contributed by atoms with Crippen molar-refractivity contribution in [3.63, 3.8) is 0 Å². The van der Waals surface area contributed by atoms with Gasteiger partial charge in [-0.2, -0.15) is 4.98 Å². The lowest BCUT2D eigenvalue weighted by Gasteiger charge is -2.38. The molecular weight excluding hydrogens is 453 g/mol. The molecule has 0 saturated carbocycles. The van der Waals surface area contributed by atoms with Crippen molar-refractivity contribution in [3.05, 3.63) is 77.7 Å². The molecule has 0 N–H and O–H groups in total. The van der Waals surface area contributed by atoms with Crippen molar-refractivity contribution in [2.75, 3.05) is 42.6 Å². The molecule has 190 valence electrons. The first-order valence-electron chi connectivity index (χ1n) is 13.1. The zero-order valence-electron chi connectivity index (χ0n) is 21.3. The minimum absolute atomic E-state index is 0.230. The van der Waals surface area contributed by atoms with Gasteiger partial charge in [-0.25, -0.2) is 9.37 Å². The Labute approximate surface area is 213 Å². The minimum atomic E-state index is -0.230. The summed E-state index contributed by atoms with van der Waals surface area (Å²) in [6.07, 6.45) is 4.42. The van der Waals surface area contributed by atoms with Crippen LogP contribution >= 0.6 is 0 Å². The van der Waals surface area contributed by atoms with Crippen molar-refractivity contribution < 1.29 is 9.13 Å². The molecular formula is C29H36FN5O. The molecule has 2 aliphatic rings. The zero-order valence-corrected chi connectivity index (χ0v) is 21.3. The number of aromatic nitrogens is 2. The predicted molar refractivity (Wildman–Crippen MR) is 142 cm³/mol. The van der Waals surface area contributed by atoms with Gasteiger partial charge in [-0.05, 0) is 66.8 Å². The second kappa shape index (κ2) is 11.2. The third-order valence-electron chi connectivity index (χ3n) is 6.99. The molecule has 0 amide bonds. The van der Waals surface area contributed by atoms with Gasteiger partial charge in [-0.1, -0.05) is 38.1 Å². The number of benzene rings is 2. The Kier molecular flexibility index (Phi) is 7.66. The number of nitrogens with zero attached hydrogens (tertiary/aromatic N) is 5. The van der Waals surface area contributed by atoms with Gasteiger partial charge in [-0.3, -0.25) is 4.90 Å². The first kappa shape index (κ1) is 24.5. The standard InChI is InChI=1S/C29H36FN5O/c1-22(2)21-36-27-11-7-24(8-12-27)19-35(18-23-5-9-25(30)10-6-23)29-31-14-13-28(32-29)34-17-16-33-15-3-4-26(33)20-34/h5-14,22,26H,3-4,15-21H2,1-2H3. The van der Waals surface area contributed by atoms with E-state index in [-0.39, 0.29) is 5.82 Å². The molecule has 0 aliphatic carbocycles. The van der Waals surface area contributed by atoms with Crippen LogP contribution in [0, 0.1) is 11.7 Å². The second-order valence-corrected chi connectivity index (χ2v) is 10.3. The van der Waals surface area contributed by atoms with Gasteiger partial charge in [0, 0.05) is 45.0 Å². The van der Waals surface area contributed by atoms with Crippen molar-refractivity contribution in [1.82, 2.24) is 14.9 Å². The Morgan fingerprint density at radius 2 is 1.69 bits per heavy atom. The van der Waals surface area contributed by atoms with Crippen LogP contribution in [-0.4, -0.2) is 53.7 Å². The first-order valence-corrected chi connectivity index (χ1v) is 13.1. The van der Waals surface area contributed by atoms with Crippen LogP contribution in [0.1, 0.15) is 37.8 Å². The monoisotopic (exact) mass is 489 g/mol. The number of fused-ring (bicyclic) bond motifs is 1. The molecule has 1 aromatic heterocycles. The quantitative estimate of drug-likeness (QED) is 0.415. The summed E-state index contributed by atoms with van der Waals surface area (Å²) in [6.45, 7) is 10.5. The predicted octanol–water partition coefficient (Wildman–Crippen LogP) is 5.14. The van der Waals surface area contributed by atoms with Gasteiger partial charge < -0.3 is 14.5 Å². The lowest BCUT2D eigenvalue weighted by molar-refractivity contribution is 0.230. The lowest BCUT2D eigenvalue weighted by Crippen LogP contribution is -2.50.